The molecule has 0 amide bonds. The third-order valence-electron chi connectivity index (χ3n) is 1.48. The monoisotopic (exact) mass is 159 g/mol. The summed E-state index contributed by atoms with van der Waals surface area (Å²) in [5.74, 6) is 0.756. The lowest BCUT2D eigenvalue weighted by Gasteiger charge is -1.90. The van der Waals surface area contributed by atoms with E-state index in [2.05, 4.69) is 26.3 Å². The van der Waals surface area contributed by atoms with E-state index < -0.39 is 0 Å². The van der Waals surface area contributed by atoms with Gasteiger partial charge in [-0.25, -0.2) is 15.0 Å². The van der Waals surface area contributed by atoms with Crippen LogP contribution in [0.3, 0.4) is 0 Å². The largest absolute Gasteiger partial charge is 0.343 e. The summed E-state index contributed by atoms with van der Waals surface area (Å²) in [5, 5.41) is 0. The van der Waals surface area contributed by atoms with Crippen molar-refractivity contribution in [1.82, 2.24) is 19.9 Å². The van der Waals surface area contributed by atoms with Crippen LogP contribution in [0, 0.1) is 13.3 Å². The summed E-state index contributed by atoms with van der Waals surface area (Å²) < 4.78 is 0. The van der Waals surface area contributed by atoms with Gasteiger partial charge in [-0.1, -0.05) is 0 Å². The molecule has 0 aliphatic rings. The van der Waals surface area contributed by atoms with E-state index in [1.54, 1.807) is 12.3 Å². The van der Waals surface area contributed by atoms with Gasteiger partial charge in [0.1, 0.15) is 5.69 Å². The van der Waals surface area contributed by atoms with Crippen molar-refractivity contribution in [3.8, 4) is 11.5 Å². The third-order valence-corrected chi connectivity index (χ3v) is 1.48. The zero-order chi connectivity index (χ0) is 8.39. The SMILES string of the molecule is Cc1c[nH]c(-c2ccn[c]n2)n1. The minimum Gasteiger partial charge on any atom is -0.343 e. The van der Waals surface area contributed by atoms with E-state index in [1.807, 2.05) is 13.1 Å². The van der Waals surface area contributed by atoms with Gasteiger partial charge in [0.05, 0.1) is 5.69 Å². The first-order valence-electron chi connectivity index (χ1n) is 3.58. The van der Waals surface area contributed by atoms with E-state index in [0.29, 0.717) is 0 Å². The first-order valence-corrected chi connectivity index (χ1v) is 3.58. The third kappa shape index (κ3) is 1.18. The molecule has 2 heterocycles. The molecular weight excluding hydrogens is 152 g/mol. The van der Waals surface area contributed by atoms with E-state index in [1.165, 1.54) is 0 Å². The molecule has 1 radical (unpaired) electrons. The number of aromatic amines is 1. The summed E-state index contributed by atoms with van der Waals surface area (Å²) in [7, 11) is 0. The molecule has 0 fully saturated rings. The molecule has 0 unspecified atom stereocenters. The van der Waals surface area contributed by atoms with Crippen LogP contribution in [0.2, 0.25) is 0 Å². The smallest absolute Gasteiger partial charge is 0.198 e. The van der Waals surface area contributed by atoms with Crippen molar-refractivity contribution in [2.45, 2.75) is 6.92 Å². The highest BCUT2D eigenvalue weighted by Gasteiger charge is 2.00. The molecule has 0 aliphatic heterocycles. The Morgan fingerprint density at radius 1 is 1.50 bits per heavy atom. The fraction of sp³-hybridized carbons (Fsp3) is 0.125. The van der Waals surface area contributed by atoms with Gasteiger partial charge in [0, 0.05) is 12.4 Å². The summed E-state index contributed by atoms with van der Waals surface area (Å²) in [6.45, 7) is 1.92. The second-order valence-electron chi connectivity index (χ2n) is 2.43. The minimum atomic E-state index is 0.756. The number of nitrogens with one attached hydrogen (secondary N) is 1. The van der Waals surface area contributed by atoms with Crippen LogP contribution >= 0.6 is 0 Å². The molecule has 0 bridgehead atoms. The highest BCUT2D eigenvalue weighted by Crippen LogP contribution is 2.09. The normalized spacial score (nSPS) is 10.1. The Morgan fingerprint density at radius 2 is 2.42 bits per heavy atom. The van der Waals surface area contributed by atoms with Gasteiger partial charge < -0.3 is 4.98 Å². The molecule has 4 heteroatoms. The van der Waals surface area contributed by atoms with E-state index in [0.717, 1.165) is 17.2 Å². The van der Waals surface area contributed by atoms with Gasteiger partial charge in [-0.3, -0.25) is 0 Å². The molecule has 0 spiro atoms. The topological polar surface area (TPSA) is 54.5 Å². The summed E-state index contributed by atoms with van der Waals surface area (Å²) >= 11 is 0. The minimum absolute atomic E-state index is 0.756. The van der Waals surface area contributed by atoms with Crippen LogP contribution in [0.4, 0.5) is 0 Å². The van der Waals surface area contributed by atoms with Crippen molar-refractivity contribution in [1.29, 1.82) is 0 Å². The van der Waals surface area contributed by atoms with E-state index in [-0.39, 0.29) is 0 Å². The number of hydrogen-bond acceptors (Lipinski definition) is 3. The predicted molar refractivity (Wildman–Crippen MR) is 43.2 cm³/mol. The van der Waals surface area contributed by atoms with Crippen molar-refractivity contribution in [2.24, 2.45) is 0 Å². The Labute approximate surface area is 69.7 Å². The van der Waals surface area contributed by atoms with Gasteiger partial charge >= 0.3 is 0 Å². The zero-order valence-corrected chi connectivity index (χ0v) is 6.57. The van der Waals surface area contributed by atoms with Crippen LogP contribution in [-0.4, -0.2) is 19.9 Å². The van der Waals surface area contributed by atoms with E-state index in [9.17, 15) is 0 Å². The summed E-state index contributed by atoms with van der Waals surface area (Å²) in [6, 6.07) is 1.79. The predicted octanol–water partition coefficient (Wildman–Crippen LogP) is 0.975. The quantitative estimate of drug-likeness (QED) is 0.674. The second-order valence-corrected chi connectivity index (χ2v) is 2.43. The number of aryl methyl sites for hydroxylation is 1. The molecule has 1 N–H and O–H groups in total. The maximum Gasteiger partial charge on any atom is 0.198 e. The van der Waals surface area contributed by atoms with Gasteiger partial charge in [-0.15, -0.1) is 0 Å². The Hall–Kier alpha value is -1.71. The second kappa shape index (κ2) is 2.73. The zero-order valence-electron chi connectivity index (χ0n) is 6.57. The Balaban J connectivity index is 2.45. The summed E-state index contributed by atoms with van der Waals surface area (Å²) in [4.78, 5) is 14.8. The lowest BCUT2D eigenvalue weighted by atomic mass is 10.4. The number of H-pyrrole nitrogens is 1. The molecule has 4 nitrogen and oxygen atoms in total. The van der Waals surface area contributed by atoms with E-state index in [4.69, 9.17) is 0 Å². The molecule has 2 aromatic rings. The van der Waals surface area contributed by atoms with Crippen molar-refractivity contribution >= 4 is 0 Å². The first-order chi connectivity index (χ1) is 5.86. The van der Waals surface area contributed by atoms with Crippen LogP contribution in [-0.2, 0) is 0 Å². The molecule has 2 aromatic heterocycles. The molecule has 0 aromatic carbocycles. The van der Waals surface area contributed by atoms with Crippen LogP contribution in [0.1, 0.15) is 5.69 Å². The van der Waals surface area contributed by atoms with Crippen LogP contribution in [0.5, 0.6) is 0 Å². The fourth-order valence-electron chi connectivity index (χ4n) is 0.938. The average molecular weight is 159 g/mol. The standard InChI is InChI=1S/C8H7N4/c1-6-4-10-8(12-6)7-2-3-9-5-11-7/h2-4H,1H3,(H,10,12). The molecule has 2 rings (SSSR count). The molecule has 0 atom stereocenters. The number of hydrogen-bond donors (Lipinski definition) is 1. The maximum atomic E-state index is 4.22. The number of imidazole rings is 1. The highest BCUT2D eigenvalue weighted by atomic mass is 14.9. The number of nitrogens with zero attached hydrogens (tertiary/aromatic N) is 3. The van der Waals surface area contributed by atoms with Crippen molar-refractivity contribution in [3.05, 3.63) is 30.5 Å². The van der Waals surface area contributed by atoms with E-state index >= 15 is 0 Å². The molecule has 59 valence electrons. The Bertz CT molecular complexity index is 366. The van der Waals surface area contributed by atoms with Crippen LogP contribution in [0.15, 0.2) is 18.5 Å². The lowest BCUT2D eigenvalue weighted by molar-refractivity contribution is 1.12. The van der Waals surface area contributed by atoms with Gasteiger partial charge in [0.2, 0.25) is 0 Å². The van der Waals surface area contributed by atoms with Gasteiger partial charge in [0.25, 0.3) is 0 Å². The molecule has 0 aliphatic carbocycles. The Kier molecular flexibility index (Phi) is 1.59. The molecule has 0 saturated heterocycles. The van der Waals surface area contributed by atoms with Crippen LogP contribution in [0.25, 0.3) is 11.5 Å². The van der Waals surface area contributed by atoms with Gasteiger partial charge in [0.15, 0.2) is 12.2 Å². The lowest BCUT2D eigenvalue weighted by Crippen LogP contribution is -1.85. The maximum absolute atomic E-state index is 4.22. The van der Waals surface area contributed by atoms with Gasteiger partial charge in [-0.2, -0.15) is 0 Å². The van der Waals surface area contributed by atoms with Crippen molar-refractivity contribution < 1.29 is 0 Å². The average Bonchev–Trinajstić information content (AvgIpc) is 2.54. The Morgan fingerprint density at radius 3 is 3.00 bits per heavy atom. The molecule has 0 saturated carbocycles. The summed E-state index contributed by atoms with van der Waals surface area (Å²) in [5.41, 5.74) is 1.71. The fourth-order valence-corrected chi connectivity index (χ4v) is 0.938. The van der Waals surface area contributed by atoms with Gasteiger partial charge in [-0.05, 0) is 13.0 Å². The van der Waals surface area contributed by atoms with Crippen molar-refractivity contribution in [3.63, 3.8) is 0 Å². The number of rotatable bonds is 1. The van der Waals surface area contributed by atoms with Crippen molar-refractivity contribution in [2.75, 3.05) is 0 Å². The number of aromatic nitrogens is 4. The molecular formula is C8H7N4. The van der Waals surface area contributed by atoms with Crippen LogP contribution < -0.4 is 0 Å². The first kappa shape index (κ1) is 6.97. The highest BCUT2D eigenvalue weighted by molar-refractivity contribution is 5.47. The molecule has 12 heavy (non-hydrogen) atoms. The summed E-state index contributed by atoms with van der Waals surface area (Å²) in [6.07, 6.45) is 5.98.